The molecule has 0 saturated heterocycles. The molecule has 0 aliphatic carbocycles. The number of anilines is 2. The molecule has 1 amide bonds. The number of hydrogen-bond acceptors (Lipinski definition) is 9. The monoisotopic (exact) mass is 542 g/mol. The molecule has 4 aromatic rings. The zero-order chi connectivity index (χ0) is 27.6. The van der Waals surface area contributed by atoms with Gasteiger partial charge in [-0.3, -0.25) is 4.79 Å². The summed E-state index contributed by atoms with van der Waals surface area (Å²) in [5, 5.41) is 21.0. The maximum atomic E-state index is 14.9. The van der Waals surface area contributed by atoms with E-state index in [9.17, 15) is 23.5 Å². The van der Waals surface area contributed by atoms with Crippen molar-refractivity contribution in [3.8, 4) is 21.7 Å². The summed E-state index contributed by atoms with van der Waals surface area (Å²) in [5.74, 6) is -2.68. The molecule has 13 heteroatoms. The number of benzene rings is 1. The normalized spacial score (nSPS) is 11.4. The first-order chi connectivity index (χ1) is 18.0. The van der Waals surface area contributed by atoms with E-state index in [0.717, 1.165) is 28.3 Å². The number of thiophene rings is 1. The second kappa shape index (κ2) is 10.6. The van der Waals surface area contributed by atoms with Crippen LogP contribution in [-0.2, 0) is 10.4 Å². The first-order valence-corrected chi connectivity index (χ1v) is 12.3. The van der Waals surface area contributed by atoms with Gasteiger partial charge in [-0.1, -0.05) is 11.8 Å². The van der Waals surface area contributed by atoms with Crippen molar-refractivity contribution in [3.63, 3.8) is 0 Å². The number of carbonyl (C=O) groups excluding carboxylic acids is 2. The smallest absolute Gasteiger partial charge is 0.335 e. The maximum Gasteiger partial charge on any atom is 0.335 e. The lowest BCUT2D eigenvalue weighted by molar-refractivity contribution is -0.146. The summed E-state index contributed by atoms with van der Waals surface area (Å²) in [5.41, 5.74) is 4.81. The van der Waals surface area contributed by atoms with E-state index in [2.05, 4.69) is 20.6 Å². The lowest BCUT2D eigenvalue weighted by atomic mass is 9.96. The zero-order valence-electron chi connectivity index (χ0n) is 20.7. The second-order valence-corrected chi connectivity index (χ2v) is 9.92. The third kappa shape index (κ3) is 5.84. The molecule has 0 unspecified atom stereocenters. The summed E-state index contributed by atoms with van der Waals surface area (Å²) in [6.07, 6.45) is 3.80. The topological polar surface area (TPSA) is 145 Å². The van der Waals surface area contributed by atoms with Crippen molar-refractivity contribution >= 4 is 34.0 Å². The Bertz CT molecular complexity index is 1470. The third-order valence-corrected chi connectivity index (χ3v) is 6.48. The fourth-order valence-electron chi connectivity index (χ4n) is 3.47. The van der Waals surface area contributed by atoms with Gasteiger partial charge in [0.25, 0.3) is 5.91 Å². The average molecular weight is 543 g/mol. The number of halogens is 2. The van der Waals surface area contributed by atoms with E-state index in [-0.39, 0.29) is 33.0 Å². The molecule has 0 radical (unpaired) electrons. The molecule has 4 rings (SSSR count). The van der Waals surface area contributed by atoms with Gasteiger partial charge in [0.1, 0.15) is 28.1 Å². The van der Waals surface area contributed by atoms with Gasteiger partial charge in [-0.05, 0) is 61.4 Å². The van der Waals surface area contributed by atoms with Gasteiger partial charge in [-0.15, -0.1) is 16.4 Å². The number of aromatic nitrogens is 4. The summed E-state index contributed by atoms with van der Waals surface area (Å²) < 4.78 is 29.8. The molecule has 4 N–H and O–H groups in total. The standard InChI is InChI=1S/C25H24F2N6O4S/c1-4-5-21(34)37-33-12-18(31-32-33)13-6-7-20(29-11-13)30-24-15(23(28)35)10-19(38-24)22-16(26)8-14(9-17(22)27)25(2,3)36/h6-12,36H,4-5H2,1-3H3,(H2,28,35)(H,29,30). The molecule has 0 bridgehead atoms. The minimum Gasteiger partial charge on any atom is -0.386 e. The Hall–Kier alpha value is -4.23. The number of hydrogen-bond donors (Lipinski definition) is 3. The molecule has 3 heterocycles. The van der Waals surface area contributed by atoms with Crippen molar-refractivity contribution in [2.45, 2.75) is 39.2 Å². The Morgan fingerprint density at radius 3 is 2.50 bits per heavy atom. The van der Waals surface area contributed by atoms with Crippen LogP contribution >= 0.6 is 11.3 Å². The highest BCUT2D eigenvalue weighted by Gasteiger charge is 2.24. The third-order valence-electron chi connectivity index (χ3n) is 5.42. The van der Waals surface area contributed by atoms with Crippen LogP contribution in [0.5, 0.6) is 0 Å². The summed E-state index contributed by atoms with van der Waals surface area (Å²) in [4.78, 5) is 34.1. The number of nitrogens with two attached hydrogens (primary N) is 1. The van der Waals surface area contributed by atoms with E-state index in [4.69, 9.17) is 10.6 Å². The van der Waals surface area contributed by atoms with E-state index < -0.39 is 29.1 Å². The van der Waals surface area contributed by atoms with E-state index in [0.29, 0.717) is 23.5 Å². The van der Waals surface area contributed by atoms with Crippen LogP contribution < -0.4 is 15.9 Å². The molecule has 198 valence electrons. The SMILES string of the molecule is CCCC(=O)On1cc(-c2ccc(Nc3sc(-c4c(F)cc(C(C)(C)O)cc4F)cc3C(N)=O)nc2)nn1. The molecule has 1 aromatic carbocycles. The molecule has 0 fully saturated rings. The van der Waals surface area contributed by atoms with E-state index in [1.807, 2.05) is 6.92 Å². The summed E-state index contributed by atoms with van der Waals surface area (Å²) in [7, 11) is 0. The van der Waals surface area contributed by atoms with Gasteiger partial charge >= 0.3 is 5.97 Å². The Balaban J connectivity index is 1.57. The number of pyridine rings is 1. The molecule has 3 aromatic heterocycles. The van der Waals surface area contributed by atoms with E-state index in [1.54, 1.807) is 12.1 Å². The van der Waals surface area contributed by atoms with Crippen LogP contribution in [-0.4, -0.2) is 37.1 Å². The van der Waals surface area contributed by atoms with Crippen molar-refractivity contribution in [1.82, 2.24) is 20.1 Å². The Morgan fingerprint density at radius 2 is 1.92 bits per heavy atom. The van der Waals surface area contributed by atoms with Crippen LogP contribution in [0.1, 0.15) is 49.5 Å². The summed E-state index contributed by atoms with van der Waals surface area (Å²) in [6, 6.07) is 6.67. The van der Waals surface area contributed by atoms with Crippen molar-refractivity contribution in [1.29, 1.82) is 0 Å². The van der Waals surface area contributed by atoms with Crippen LogP contribution in [0.15, 0.2) is 42.7 Å². The molecule has 0 aliphatic rings. The average Bonchev–Trinajstić information content (AvgIpc) is 3.46. The number of amides is 1. The fraction of sp³-hybridized carbons (Fsp3) is 0.240. The van der Waals surface area contributed by atoms with Crippen LogP contribution in [0, 0.1) is 11.6 Å². The minimum atomic E-state index is -1.44. The van der Waals surface area contributed by atoms with Gasteiger partial charge in [0.15, 0.2) is 0 Å². The van der Waals surface area contributed by atoms with Crippen LogP contribution in [0.2, 0.25) is 0 Å². The van der Waals surface area contributed by atoms with E-state index >= 15 is 0 Å². The summed E-state index contributed by atoms with van der Waals surface area (Å²) in [6.45, 7) is 4.69. The minimum absolute atomic E-state index is 0.0260. The van der Waals surface area contributed by atoms with Gasteiger partial charge in [-0.25, -0.2) is 18.6 Å². The van der Waals surface area contributed by atoms with Gasteiger partial charge in [-0.2, -0.15) is 0 Å². The molecule has 0 aliphatic heterocycles. The number of primary amides is 1. The van der Waals surface area contributed by atoms with Crippen molar-refractivity contribution < 1.29 is 28.3 Å². The quantitative estimate of drug-likeness (QED) is 0.267. The Kier molecular flexibility index (Phi) is 7.51. The Morgan fingerprint density at radius 1 is 1.21 bits per heavy atom. The fourth-order valence-corrected chi connectivity index (χ4v) is 4.59. The zero-order valence-corrected chi connectivity index (χ0v) is 21.5. The Labute approximate surface area is 220 Å². The largest absolute Gasteiger partial charge is 0.386 e. The van der Waals surface area contributed by atoms with Gasteiger partial charge in [0, 0.05) is 23.1 Å². The molecule has 10 nitrogen and oxygen atoms in total. The first-order valence-electron chi connectivity index (χ1n) is 11.5. The molecular formula is C25H24F2N6O4S. The molecule has 0 spiro atoms. The van der Waals surface area contributed by atoms with Crippen LogP contribution in [0.4, 0.5) is 19.6 Å². The second-order valence-electron chi connectivity index (χ2n) is 8.87. The van der Waals surface area contributed by atoms with Crippen molar-refractivity contribution in [2.75, 3.05) is 5.32 Å². The summed E-state index contributed by atoms with van der Waals surface area (Å²) >= 11 is 0.922. The molecule has 38 heavy (non-hydrogen) atoms. The van der Waals surface area contributed by atoms with Crippen LogP contribution in [0.25, 0.3) is 21.7 Å². The van der Waals surface area contributed by atoms with Gasteiger partial charge in [0.05, 0.1) is 22.9 Å². The predicted molar refractivity (Wildman–Crippen MR) is 136 cm³/mol. The lowest BCUT2D eigenvalue weighted by Gasteiger charge is -2.18. The maximum absolute atomic E-state index is 14.9. The number of rotatable bonds is 9. The number of nitrogens with one attached hydrogen (secondary N) is 1. The number of nitrogens with zero attached hydrogens (tertiary/aromatic N) is 4. The first kappa shape index (κ1) is 26.8. The highest BCUT2D eigenvalue weighted by Crippen LogP contribution is 2.40. The van der Waals surface area contributed by atoms with Crippen LogP contribution in [0.3, 0.4) is 0 Å². The van der Waals surface area contributed by atoms with Crippen molar-refractivity contribution in [2.24, 2.45) is 5.73 Å². The highest BCUT2D eigenvalue weighted by molar-refractivity contribution is 7.20. The highest BCUT2D eigenvalue weighted by atomic mass is 32.1. The number of carbonyl (C=O) groups is 2. The predicted octanol–water partition coefficient (Wildman–Crippen LogP) is 4.17. The molecular weight excluding hydrogens is 518 g/mol. The molecule has 0 atom stereocenters. The van der Waals surface area contributed by atoms with Gasteiger partial charge in [0.2, 0.25) is 0 Å². The van der Waals surface area contributed by atoms with Gasteiger partial charge < -0.3 is 21.0 Å². The molecule has 0 saturated carbocycles. The van der Waals surface area contributed by atoms with E-state index in [1.165, 1.54) is 32.3 Å². The van der Waals surface area contributed by atoms with Crippen molar-refractivity contribution in [3.05, 3.63) is 65.5 Å². The lowest BCUT2D eigenvalue weighted by Crippen LogP contribution is -2.19. The number of aliphatic hydroxyl groups is 1.